The van der Waals surface area contributed by atoms with E-state index in [1.807, 2.05) is 66.3 Å². The number of sulfone groups is 1. The van der Waals surface area contributed by atoms with E-state index in [0.29, 0.717) is 0 Å². The molecule has 0 N–H and O–H groups in total. The zero-order valence-electron chi connectivity index (χ0n) is 21.2. The smallest absolute Gasteiger partial charge is 0.144 e. The molecule has 0 radical (unpaired) electrons. The average molecular weight is 495 g/mol. The third kappa shape index (κ3) is 9.66. The van der Waals surface area contributed by atoms with Crippen LogP contribution >= 0.6 is 0 Å². The van der Waals surface area contributed by atoms with Crippen molar-refractivity contribution >= 4 is 9.84 Å². The maximum Gasteiger partial charge on any atom is 0.144 e. The highest BCUT2D eigenvalue weighted by Crippen LogP contribution is 2.28. The molecule has 0 fully saturated rings. The molecule has 35 heavy (non-hydrogen) atoms. The molecule has 0 atom stereocenters. The van der Waals surface area contributed by atoms with Crippen LogP contribution in [-0.2, 0) is 23.3 Å². The Bertz CT molecular complexity index is 1260. The van der Waals surface area contributed by atoms with Crippen LogP contribution in [0.3, 0.4) is 0 Å². The summed E-state index contributed by atoms with van der Waals surface area (Å²) in [7, 11) is 2.62. The minimum Gasteiger partial charge on any atom is -0.497 e. The van der Waals surface area contributed by atoms with Gasteiger partial charge in [-0.25, -0.2) is 8.42 Å². The molecule has 0 saturated carbocycles. The molecule has 1 heterocycles. The predicted octanol–water partition coefficient (Wildman–Crippen LogP) is 5.68. The third-order valence-electron chi connectivity index (χ3n) is 4.90. The van der Waals surface area contributed by atoms with Crippen molar-refractivity contribution in [3.63, 3.8) is 0 Å². The van der Waals surface area contributed by atoms with Crippen molar-refractivity contribution in [1.29, 1.82) is 0 Å². The molecule has 0 saturated heterocycles. The fourth-order valence-corrected chi connectivity index (χ4v) is 3.12. The van der Waals surface area contributed by atoms with E-state index in [2.05, 4.69) is 42.4 Å². The Morgan fingerprint density at radius 3 is 1.63 bits per heavy atom. The van der Waals surface area contributed by atoms with Crippen LogP contribution in [0.5, 0.6) is 11.5 Å². The van der Waals surface area contributed by atoms with Crippen molar-refractivity contribution in [2.24, 2.45) is 7.05 Å². The van der Waals surface area contributed by atoms with E-state index in [1.54, 1.807) is 14.2 Å². The van der Waals surface area contributed by atoms with Gasteiger partial charge in [0, 0.05) is 30.7 Å². The van der Waals surface area contributed by atoms with E-state index < -0.39 is 9.84 Å². The van der Waals surface area contributed by atoms with Gasteiger partial charge in [0.1, 0.15) is 21.3 Å². The van der Waals surface area contributed by atoms with Gasteiger partial charge in [-0.05, 0) is 66.6 Å². The summed E-state index contributed by atoms with van der Waals surface area (Å²) in [6.07, 6.45) is 3.46. The largest absolute Gasteiger partial charge is 0.497 e. The molecule has 4 rings (SSSR count). The van der Waals surface area contributed by atoms with Gasteiger partial charge in [-0.1, -0.05) is 37.3 Å². The van der Waals surface area contributed by atoms with Crippen molar-refractivity contribution in [2.45, 2.75) is 13.3 Å². The molecule has 186 valence electrons. The monoisotopic (exact) mass is 494 g/mol. The number of hydrogen-bond acceptors (Lipinski definition) is 5. The Hall–Kier alpha value is -3.58. The molecule has 0 unspecified atom stereocenters. The summed E-state index contributed by atoms with van der Waals surface area (Å²) in [6, 6.07) is 28.4. The van der Waals surface area contributed by atoms with Crippen LogP contribution in [0.2, 0.25) is 0 Å². The van der Waals surface area contributed by atoms with E-state index in [0.717, 1.165) is 52.9 Å². The van der Waals surface area contributed by atoms with Gasteiger partial charge in [0.2, 0.25) is 0 Å². The van der Waals surface area contributed by atoms with Gasteiger partial charge >= 0.3 is 0 Å². The van der Waals surface area contributed by atoms with Crippen LogP contribution in [0, 0.1) is 0 Å². The molecule has 1 aromatic heterocycles. The number of aryl methyl sites for hydroxylation is 2. The quantitative estimate of drug-likeness (QED) is 0.357. The number of ether oxygens (including phenoxy) is 2. The molecule has 0 aliphatic carbocycles. The van der Waals surface area contributed by atoms with Gasteiger partial charge in [-0.3, -0.25) is 4.68 Å². The summed E-state index contributed by atoms with van der Waals surface area (Å²) < 4.78 is 31.5. The molecule has 0 aliphatic rings. The molecule has 0 bridgehead atoms. The van der Waals surface area contributed by atoms with Gasteiger partial charge in [0.05, 0.1) is 25.6 Å². The summed E-state index contributed by atoms with van der Waals surface area (Å²) in [5.74, 6) is 1.69. The molecule has 4 aromatic rings. The number of aromatic nitrogens is 2. The number of methoxy groups -OCH3 is 2. The maximum atomic E-state index is 9.63. The third-order valence-corrected chi connectivity index (χ3v) is 4.90. The Labute approximate surface area is 209 Å². The highest BCUT2D eigenvalue weighted by atomic mass is 32.2. The summed E-state index contributed by atoms with van der Waals surface area (Å²) >= 11 is 0. The first kappa shape index (κ1) is 27.7. The van der Waals surface area contributed by atoms with Crippen molar-refractivity contribution in [1.82, 2.24) is 9.78 Å². The molecule has 7 heteroatoms. The number of nitrogens with zero attached hydrogens (tertiary/aromatic N) is 2. The average Bonchev–Trinajstić information content (AvgIpc) is 3.25. The van der Waals surface area contributed by atoms with Crippen LogP contribution in [0.4, 0.5) is 0 Å². The lowest BCUT2D eigenvalue weighted by atomic mass is 10.1. The van der Waals surface area contributed by atoms with Crippen molar-refractivity contribution < 1.29 is 17.9 Å². The summed E-state index contributed by atoms with van der Waals surface area (Å²) in [5.41, 5.74) is 5.59. The van der Waals surface area contributed by atoms with Crippen LogP contribution < -0.4 is 9.47 Å². The molecular formula is C28H34N2O4S. The summed E-state index contributed by atoms with van der Waals surface area (Å²) in [5, 5.41) is 4.60. The molecule has 0 amide bonds. The number of benzene rings is 3. The van der Waals surface area contributed by atoms with Crippen molar-refractivity contribution in [2.75, 3.05) is 26.7 Å². The SMILES string of the molecule is CCc1ccccc1.COc1ccc(-c2cc(-c3ccc(OC)cc3)n(C)n2)cc1.CS(C)(=O)=O. The Morgan fingerprint density at radius 2 is 1.23 bits per heavy atom. The zero-order valence-corrected chi connectivity index (χ0v) is 22.0. The Morgan fingerprint density at radius 1 is 0.771 bits per heavy atom. The van der Waals surface area contributed by atoms with Crippen molar-refractivity contribution in [3.05, 3.63) is 90.5 Å². The van der Waals surface area contributed by atoms with Crippen molar-refractivity contribution in [3.8, 4) is 34.0 Å². The van der Waals surface area contributed by atoms with Gasteiger partial charge in [-0.15, -0.1) is 0 Å². The zero-order chi connectivity index (χ0) is 25.8. The summed E-state index contributed by atoms with van der Waals surface area (Å²) in [6.45, 7) is 2.16. The lowest BCUT2D eigenvalue weighted by Crippen LogP contribution is -1.94. The van der Waals surface area contributed by atoms with Crippen LogP contribution in [0.1, 0.15) is 12.5 Å². The Balaban J connectivity index is 0.000000273. The molecule has 3 aromatic carbocycles. The van der Waals surface area contributed by atoms with Gasteiger partial charge < -0.3 is 9.47 Å². The second kappa shape index (κ2) is 13.3. The lowest BCUT2D eigenvalue weighted by Gasteiger charge is -2.03. The molecule has 0 spiro atoms. The highest BCUT2D eigenvalue weighted by Gasteiger charge is 2.09. The summed E-state index contributed by atoms with van der Waals surface area (Å²) in [4.78, 5) is 0. The van der Waals surface area contributed by atoms with E-state index in [1.165, 1.54) is 5.56 Å². The molecule has 6 nitrogen and oxygen atoms in total. The molecule has 0 aliphatic heterocycles. The fraction of sp³-hybridized carbons (Fsp3) is 0.250. The minimum atomic E-state index is -2.67. The topological polar surface area (TPSA) is 70.4 Å². The van der Waals surface area contributed by atoms with Crippen LogP contribution in [-0.4, -0.2) is 44.9 Å². The first-order valence-corrected chi connectivity index (χ1v) is 13.5. The van der Waals surface area contributed by atoms with Crippen LogP contribution in [0.25, 0.3) is 22.5 Å². The van der Waals surface area contributed by atoms with Crippen LogP contribution in [0.15, 0.2) is 84.9 Å². The van der Waals surface area contributed by atoms with Gasteiger partial charge in [-0.2, -0.15) is 5.10 Å². The lowest BCUT2D eigenvalue weighted by molar-refractivity contribution is 0.414. The minimum absolute atomic E-state index is 0.843. The Kier molecular flexibility index (Phi) is 10.5. The first-order chi connectivity index (χ1) is 16.6. The standard InChI is InChI=1S/C18H18N2O2.C8H10.C2H6O2S/c1-20-18(14-6-10-16(22-3)11-7-14)12-17(19-20)13-4-8-15(21-2)9-5-13;1-2-8-6-4-3-5-7-8;1-5(2,3)4/h4-12H,1-3H3;3-7H,2H2,1H3;1-2H3. The fourth-order valence-electron chi connectivity index (χ4n) is 3.12. The first-order valence-electron chi connectivity index (χ1n) is 11.2. The number of rotatable bonds is 5. The van der Waals surface area contributed by atoms with Gasteiger partial charge in [0.15, 0.2) is 0 Å². The highest BCUT2D eigenvalue weighted by molar-refractivity contribution is 7.89. The second-order valence-electron chi connectivity index (χ2n) is 7.98. The van der Waals surface area contributed by atoms with E-state index in [-0.39, 0.29) is 0 Å². The van der Waals surface area contributed by atoms with E-state index in [4.69, 9.17) is 9.47 Å². The maximum absolute atomic E-state index is 9.63. The predicted molar refractivity (Wildman–Crippen MR) is 144 cm³/mol. The second-order valence-corrected chi connectivity index (χ2v) is 10.3. The number of hydrogen-bond donors (Lipinski definition) is 0. The van der Waals surface area contributed by atoms with Gasteiger partial charge in [0.25, 0.3) is 0 Å². The normalized spacial score (nSPS) is 10.3. The van der Waals surface area contributed by atoms with E-state index >= 15 is 0 Å². The van der Waals surface area contributed by atoms with E-state index in [9.17, 15) is 8.42 Å². The molecular weight excluding hydrogens is 460 g/mol.